The average molecular weight is 273 g/mol. The van der Waals surface area contributed by atoms with Crippen LogP contribution < -0.4 is 15.8 Å². The number of guanidine groups is 1. The number of aliphatic imine (C=N–C) groups is 1. The van der Waals surface area contributed by atoms with Crippen molar-refractivity contribution >= 4 is 11.6 Å². The molecular weight excluding hydrogens is 250 g/mol. The molecule has 1 rings (SSSR count). The minimum atomic E-state index is -0.217. The van der Waals surface area contributed by atoms with Crippen LogP contribution in [0, 0.1) is 18.3 Å². The average Bonchev–Trinajstić information content (AvgIpc) is 2.37. The number of hydrogen-bond donors (Lipinski definition) is 2. The third-order valence-corrected chi connectivity index (χ3v) is 2.58. The van der Waals surface area contributed by atoms with E-state index in [1.54, 1.807) is 0 Å². The Morgan fingerprint density at radius 1 is 1.25 bits per heavy atom. The van der Waals surface area contributed by atoms with Gasteiger partial charge in [-0.25, -0.2) is 4.99 Å². The fourth-order valence-corrected chi connectivity index (χ4v) is 1.60. The maximum atomic E-state index is 5.85. The molecule has 0 aliphatic rings. The fourth-order valence-electron chi connectivity index (χ4n) is 1.60. The van der Waals surface area contributed by atoms with Gasteiger partial charge in [0.2, 0.25) is 0 Å². The monoisotopic (exact) mass is 273 g/mol. The number of anilines is 1. The Morgan fingerprint density at radius 3 is 2.30 bits per heavy atom. The van der Waals surface area contributed by atoms with E-state index in [0.717, 1.165) is 11.4 Å². The number of benzene rings is 1. The predicted octanol–water partition coefficient (Wildman–Crippen LogP) is 2.86. The highest BCUT2D eigenvalue weighted by Crippen LogP contribution is 2.16. The van der Waals surface area contributed by atoms with Crippen LogP contribution in [0.25, 0.3) is 0 Å². The van der Waals surface area contributed by atoms with Crippen LogP contribution in [0.3, 0.4) is 0 Å². The lowest BCUT2D eigenvalue weighted by Crippen LogP contribution is -2.26. The van der Waals surface area contributed by atoms with Crippen LogP contribution in [0.2, 0.25) is 0 Å². The predicted molar refractivity (Wildman–Crippen MR) is 84.9 cm³/mol. The van der Waals surface area contributed by atoms with Crippen LogP contribution >= 0.6 is 0 Å². The summed E-state index contributed by atoms with van der Waals surface area (Å²) in [5, 5.41) is 3.02. The second-order valence-corrected chi connectivity index (χ2v) is 5.19. The van der Waals surface area contributed by atoms with Gasteiger partial charge in [-0.15, -0.1) is 6.42 Å². The Balaban J connectivity index is 2.69. The van der Waals surface area contributed by atoms with E-state index in [0.29, 0.717) is 5.96 Å². The van der Waals surface area contributed by atoms with Gasteiger partial charge >= 0.3 is 0 Å². The molecule has 0 fully saturated rings. The van der Waals surface area contributed by atoms with Crippen LogP contribution in [0.15, 0.2) is 29.3 Å². The van der Waals surface area contributed by atoms with E-state index in [9.17, 15) is 0 Å². The molecule has 4 nitrogen and oxygen atoms in total. The molecule has 0 radical (unpaired) electrons. The lowest BCUT2D eigenvalue weighted by molar-refractivity contribution is 0.242. The largest absolute Gasteiger partial charge is 0.491 e. The van der Waals surface area contributed by atoms with Crippen molar-refractivity contribution in [1.82, 2.24) is 0 Å². The molecule has 1 atom stereocenters. The summed E-state index contributed by atoms with van der Waals surface area (Å²) in [6, 6.07) is 7.33. The van der Waals surface area contributed by atoms with E-state index >= 15 is 0 Å². The van der Waals surface area contributed by atoms with Crippen LogP contribution in [-0.2, 0) is 0 Å². The normalized spacial score (nSPS) is 13.2. The molecule has 0 aliphatic carbocycles. The summed E-state index contributed by atoms with van der Waals surface area (Å²) in [7, 11) is 0. The van der Waals surface area contributed by atoms with Gasteiger partial charge in [0, 0.05) is 5.69 Å². The van der Waals surface area contributed by atoms with E-state index in [1.165, 1.54) is 0 Å². The zero-order chi connectivity index (χ0) is 15.1. The smallest absolute Gasteiger partial charge is 0.194 e. The first kappa shape index (κ1) is 15.9. The number of hydrogen-bond acceptors (Lipinski definition) is 2. The van der Waals surface area contributed by atoms with Crippen molar-refractivity contribution in [1.29, 1.82) is 0 Å². The number of nitrogens with zero attached hydrogens (tertiary/aromatic N) is 1. The van der Waals surface area contributed by atoms with Gasteiger partial charge in [0.15, 0.2) is 5.96 Å². The molecule has 3 N–H and O–H groups in total. The van der Waals surface area contributed by atoms with Crippen molar-refractivity contribution < 1.29 is 4.74 Å². The molecule has 108 valence electrons. The number of nitrogens with two attached hydrogens (primary N) is 1. The van der Waals surface area contributed by atoms with Gasteiger partial charge in [-0.1, -0.05) is 19.8 Å². The molecule has 0 amide bonds. The van der Waals surface area contributed by atoms with E-state index in [4.69, 9.17) is 16.9 Å². The van der Waals surface area contributed by atoms with E-state index < -0.39 is 0 Å². The number of ether oxygens (including phenoxy) is 1. The zero-order valence-corrected chi connectivity index (χ0v) is 12.6. The Morgan fingerprint density at radius 2 is 1.85 bits per heavy atom. The summed E-state index contributed by atoms with van der Waals surface area (Å²) in [5.41, 5.74) is 6.70. The molecule has 1 aromatic rings. The summed E-state index contributed by atoms with van der Waals surface area (Å²) in [4.78, 5) is 4.28. The second-order valence-electron chi connectivity index (χ2n) is 5.19. The lowest BCUT2D eigenvalue weighted by Gasteiger charge is -2.13. The summed E-state index contributed by atoms with van der Waals surface area (Å²) in [6.45, 7) is 8.00. The van der Waals surface area contributed by atoms with Gasteiger partial charge in [-0.3, -0.25) is 0 Å². The van der Waals surface area contributed by atoms with Gasteiger partial charge in [0.25, 0.3) is 0 Å². The van der Waals surface area contributed by atoms with Crippen molar-refractivity contribution in [2.75, 3.05) is 5.32 Å². The molecule has 0 spiro atoms. The van der Waals surface area contributed by atoms with Gasteiger partial charge in [0.1, 0.15) is 11.8 Å². The SMILES string of the molecule is C#CC(N=C(N)Nc1ccc(OC(C)C)cc1)C(C)C. The van der Waals surface area contributed by atoms with Crippen molar-refractivity contribution in [3.8, 4) is 18.1 Å². The summed E-state index contributed by atoms with van der Waals surface area (Å²) in [5.74, 6) is 4.02. The van der Waals surface area contributed by atoms with Crippen molar-refractivity contribution in [2.45, 2.75) is 39.8 Å². The Bertz CT molecular complexity index is 483. The quantitative estimate of drug-likeness (QED) is 0.492. The molecule has 0 bridgehead atoms. The van der Waals surface area contributed by atoms with Crippen LogP contribution in [0.1, 0.15) is 27.7 Å². The maximum absolute atomic E-state index is 5.85. The number of nitrogens with one attached hydrogen (secondary N) is 1. The molecule has 1 unspecified atom stereocenters. The first-order valence-electron chi connectivity index (χ1n) is 6.75. The molecule has 0 aromatic heterocycles. The van der Waals surface area contributed by atoms with Crippen LogP contribution in [0.5, 0.6) is 5.75 Å². The summed E-state index contributed by atoms with van der Waals surface area (Å²) < 4.78 is 5.57. The maximum Gasteiger partial charge on any atom is 0.194 e. The molecule has 4 heteroatoms. The Hall–Kier alpha value is -2.15. The van der Waals surface area contributed by atoms with E-state index in [2.05, 4.69) is 16.2 Å². The van der Waals surface area contributed by atoms with Crippen molar-refractivity contribution in [3.63, 3.8) is 0 Å². The number of rotatable bonds is 5. The topological polar surface area (TPSA) is 59.6 Å². The molecule has 0 aliphatic heterocycles. The van der Waals surface area contributed by atoms with Crippen LogP contribution in [0.4, 0.5) is 5.69 Å². The second kappa shape index (κ2) is 7.44. The third-order valence-electron chi connectivity index (χ3n) is 2.58. The minimum absolute atomic E-state index is 0.155. The highest BCUT2D eigenvalue weighted by molar-refractivity contribution is 5.92. The summed E-state index contributed by atoms with van der Waals surface area (Å²) >= 11 is 0. The standard InChI is InChI=1S/C16H23N3O/c1-6-15(11(2)3)19-16(17)18-13-7-9-14(10-8-13)20-12(4)5/h1,7-12,15H,2-5H3,(H3,17,18,19). The van der Waals surface area contributed by atoms with Gasteiger partial charge in [0.05, 0.1) is 6.10 Å². The highest BCUT2D eigenvalue weighted by atomic mass is 16.5. The van der Waals surface area contributed by atoms with E-state index in [-0.39, 0.29) is 18.1 Å². The summed E-state index contributed by atoms with van der Waals surface area (Å²) in [6.07, 6.45) is 5.58. The van der Waals surface area contributed by atoms with Gasteiger partial charge in [-0.05, 0) is 44.0 Å². The van der Waals surface area contributed by atoms with Crippen LogP contribution in [-0.4, -0.2) is 18.1 Å². The molecule has 20 heavy (non-hydrogen) atoms. The van der Waals surface area contributed by atoms with Crippen molar-refractivity contribution in [3.05, 3.63) is 24.3 Å². The molecular formula is C16H23N3O. The third kappa shape index (κ3) is 5.23. The minimum Gasteiger partial charge on any atom is -0.491 e. The van der Waals surface area contributed by atoms with Gasteiger partial charge in [-0.2, -0.15) is 0 Å². The molecule has 0 saturated heterocycles. The number of terminal acetylenes is 1. The molecule has 1 aromatic carbocycles. The Kier molecular flexibility index (Phi) is 5.92. The Labute approximate surface area is 121 Å². The van der Waals surface area contributed by atoms with Crippen molar-refractivity contribution in [2.24, 2.45) is 16.6 Å². The van der Waals surface area contributed by atoms with E-state index in [1.807, 2.05) is 52.0 Å². The first-order chi connectivity index (χ1) is 9.42. The van der Waals surface area contributed by atoms with Gasteiger partial charge < -0.3 is 15.8 Å². The highest BCUT2D eigenvalue weighted by Gasteiger charge is 2.08. The molecule has 0 heterocycles. The fraction of sp³-hybridized carbons (Fsp3) is 0.438. The zero-order valence-electron chi connectivity index (χ0n) is 12.6. The lowest BCUT2D eigenvalue weighted by atomic mass is 10.1. The molecule has 0 saturated carbocycles. The first-order valence-corrected chi connectivity index (χ1v) is 6.75.